The summed E-state index contributed by atoms with van der Waals surface area (Å²) in [6.07, 6.45) is 1.90. The van der Waals surface area contributed by atoms with Gasteiger partial charge in [-0.25, -0.2) is 4.79 Å². The molecule has 0 heterocycles. The van der Waals surface area contributed by atoms with E-state index in [0.717, 1.165) is 18.4 Å². The molecule has 0 aliphatic heterocycles. The topological polar surface area (TPSA) is 29.5 Å². The first-order valence-corrected chi connectivity index (χ1v) is 6.85. The lowest BCUT2D eigenvalue weighted by Gasteiger charge is -2.32. The molecule has 0 aromatic heterocycles. The van der Waals surface area contributed by atoms with E-state index in [1.54, 1.807) is 0 Å². The molecule has 104 valence electrons. The van der Waals surface area contributed by atoms with Gasteiger partial charge in [0.1, 0.15) is 5.60 Å². The van der Waals surface area contributed by atoms with Crippen molar-refractivity contribution < 1.29 is 9.53 Å². The molecule has 3 nitrogen and oxygen atoms in total. The largest absolute Gasteiger partial charge is 0.444 e. The molecule has 0 saturated heterocycles. The number of rotatable bonds is 3. The maximum absolute atomic E-state index is 12.4. The number of amides is 1. The number of carbonyl (C=O) groups is 1. The van der Waals surface area contributed by atoms with Gasteiger partial charge in [0.05, 0.1) is 0 Å². The average Bonchev–Trinajstić information content (AvgIpc) is 3.04. The highest BCUT2D eigenvalue weighted by molar-refractivity contribution is 5.69. The number of benzene rings is 1. The number of hydrogen-bond acceptors (Lipinski definition) is 2. The number of nitrogens with zero attached hydrogens (tertiary/aromatic N) is 1. The Morgan fingerprint density at radius 2 is 1.84 bits per heavy atom. The summed E-state index contributed by atoms with van der Waals surface area (Å²) in [6.45, 7) is 8.45. The third-order valence-corrected chi connectivity index (χ3v) is 3.42. The zero-order valence-corrected chi connectivity index (χ0v) is 12.3. The maximum atomic E-state index is 12.4. The molecule has 1 aromatic rings. The van der Waals surface area contributed by atoms with Gasteiger partial charge in [-0.2, -0.15) is 0 Å². The Morgan fingerprint density at radius 1 is 1.26 bits per heavy atom. The fourth-order valence-corrected chi connectivity index (χ4v) is 2.01. The second kappa shape index (κ2) is 4.87. The van der Waals surface area contributed by atoms with Crippen LogP contribution in [0.2, 0.25) is 0 Å². The predicted octanol–water partition coefficient (Wildman–Crippen LogP) is 3.98. The number of ether oxygens (including phenoxy) is 1. The molecule has 3 heteroatoms. The van der Waals surface area contributed by atoms with Crippen molar-refractivity contribution in [1.82, 2.24) is 4.90 Å². The normalized spacial score (nSPS) is 16.8. The quantitative estimate of drug-likeness (QED) is 0.823. The van der Waals surface area contributed by atoms with E-state index in [0.29, 0.717) is 6.54 Å². The van der Waals surface area contributed by atoms with Crippen molar-refractivity contribution in [3.63, 3.8) is 0 Å². The van der Waals surface area contributed by atoms with Crippen LogP contribution in [0, 0.1) is 0 Å². The van der Waals surface area contributed by atoms with Crippen LogP contribution in [0.25, 0.3) is 0 Å². The van der Waals surface area contributed by atoms with Crippen molar-refractivity contribution in [3.05, 3.63) is 35.9 Å². The Balaban J connectivity index is 2.11. The summed E-state index contributed by atoms with van der Waals surface area (Å²) >= 11 is 0. The molecule has 0 N–H and O–H groups in total. The number of hydrogen-bond donors (Lipinski definition) is 0. The summed E-state index contributed by atoms with van der Waals surface area (Å²) in [5.41, 5.74) is 0.664. The van der Waals surface area contributed by atoms with Gasteiger partial charge in [0.25, 0.3) is 0 Å². The molecule has 1 fully saturated rings. The van der Waals surface area contributed by atoms with Crippen LogP contribution in [-0.2, 0) is 11.3 Å². The molecule has 0 radical (unpaired) electrons. The van der Waals surface area contributed by atoms with Gasteiger partial charge in [0.15, 0.2) is 0 Å². The van der Waals surface area contributed by atoms with Crippen molar-refractivity contribution in [3.8, 4) is 0 Å². The average molecular weight is 261 g/mol. The van der Waals surface area contributed by atoms with E-state index in [9.17, 15) is 4.79 Å². The predicted molar refractivity (Wildman–Crippen MR) is 75.9 cm³/mol. The smallest absolute Gasteiger partial charge is 0.411 e. The summed E-state index contributed by atoms with van der Waals surface area (Å²) in [6, 6.07) is 10.1. The minimum Gasteiger partial charge on any atom is -0.444 e. The van der Waals surface area contributed by atoms with E-state index in [1.165, 1.54) is 0 Å². The van der Waals surface area contributed by atoms with Crippen LogP contribution in [0.5, 0.6) is 0 Å². The summed E-state index contributed by atoms with van der Waals surface area (Å²) in [5.74, 6) is 0. The van der Waals surface area contributed by atoms with Gasteiger partial charge in [-0.15, -0.1) is 0 Å². The van der Waals surface area contributed by atoms with Gasteiger partial charge < -0.3 is 4.74 Å². The van der Waals surface area contributed by atoms with Crippen LogP contribution in [0.1, 0.15) is 46.1 Å². The molecular weight excluding hydrogens is 238 g/mol. The van der Waals surface area contributed by atoms with E-state index in [4.69, 9.17) is 4.74 Å². The minimum atomic E-state index is -0.447. The van der Waals surface area contributed by atoms with Gasteiger partial charge >= 0.3 is 6.09 Å². The molecule has 1 aliphatic rings. The van der Waals surface area contributed by atoms with Crippen LogP contribution < -0.4 is 0 Å². The van der Waals surface area contributed by atoms with Crippen molar-refractivity contribution in [2.45, 2.75) is 58.2 Å². The third-order valence-electron chi connectivity index (χ3n) is 3.42. The summed E-state index contributed by atoms with van der Waals surface area (Å²) in [4.78, 5) is 14.2. The van der Waals surface area contributed by atoms with Crippen molar-refractivity contribution in [2.75, 3.05) is 0 Å². The van der Waals surface area contributed by atoms with Gasteiger partial charge in [0.2, 0.25) is 0 Å². The fourth-order valence-electron chi connectivity index (χ4n) is 2.01. The molecule has 0 spiro atoms. The maximum Gasteiger partial charge on any atom is 0.411 e. The van der Waals surface area contributed by atoms with Crippen LogP contribution in [0.15, 0.2) is 30.3 Å². The Hall–Kier alpha value is -1.51. The van der Waals surface area contributed by atoms with Gasteiger partial charge in [-0.1, -0.05) is 30.3 Å². The zero-order chi connectivity index (χ0) is 14.1. The van der Waals surface area contributed by atoms with E-state index in [2.05, 4.69) is 6.92 Å². The molecule has 1 saturated carbocycles. The Morgan fingerprint density at radius 3 is 2.32 bits per heavy atom. The number of carbonyl (C=O) groups excluding carboxylic acids is 1. The van der Waals surface area contributed by atoms with Gasteiger partial charge in [-0.3, -0.25) is 4.90 Å². The Bertz CT molecular complexity index is 444. The molecular formula is C16H23NO2. The second-order valence-electron chi connectivity index (χ2n) is 6.55. The first-order valence-electron chi connectivity index (χ1n) is 6.85. The summed E-state index contributed by atoms with van der Waals surface area (Å²) in [5, 5.41) is 0. The van der Waals surface area contributed by atoms with Crippen molar-refractivity contribution in [2.24, 2.45) is 0 Å². The highest BCUT2D eigenvalue weighted by atomic mass is 16.6. The standard InChI is InChI=1S/C16H23NO2/c1-15(2,3)19-14(18)17(16(4)10-11-16)12-13-8-6-5-7-9-13/h5-9H,10-12H2,1-4H3. The highest BCUT2D eigenvalue weighted by Gasteiger charge is 2.47. The molecule has 0 bridgehead atoms. The lowest BCUT2D eigenvalue weighted by atomic mass is 10.1. The summed E-state index contributed by atoms with van der Waals surface area (Å²) < 4.78 is 5.53. The van der Waals surface area contributed by atoms with Crippen molar-refractivity contribution >= 4 is 6.09 Å². The van der Waals surface area contributed by atoms with Crippen molar-refractivity contribution in [1.29, 1.82) is 0 Å². The minimum absolute atomic E-state index is 0.0296. The molecule has 0 atom stereocenters. The molecule has 0 unspecified atom stereocenters. The highest BCUT2D eigenvalue weighted by Crippen LogP contribution is 2.42. The monoisotopic (exact) mass is 261 g/mol. The van der Waals surface area contributed by atoms with Crippen LogP contribution in [-0.4, -0.2) is 22.1 Å². The lowest BCUT2D eigenvalue weighted by Crippen LogP contribution is -2.43. The molecule has 2 rings (SSSR count). The van der Waals surface area contributed by atoms with Gasteiger partial charge in [0, 0.05) is 12.1 Å². The molecule has 19 heavy (non-hydrogen) atoms. The van der Waals surface area contributed by atoms with Crippen LogP contribution in [0.3, 0.4) is 0 Å². The molecule has 1 amide bonds. The lowest BCUT2D eigenvalue weighted by molar-refractivity contribution is 0.0126. The van der Waals surface area contributed by atoms with Gasteiger partial charge in [-0.05, 0) is 46.1 Å². The van der Waals surface area contributed by atoms with E-state index >= 15 is 0 Å². The zero-order valence-electron chi connectivity index (χ0n) is 12.3. The summed E-state index contributed by atoms with van der Waals surface area (Å²) in [7, 11) is 0. The third kappa shape index (κ3) is 3.72. The fraction of sp³-hybridized carbons (Fsp3) is 0.562. The van der Waals surface area contributed by atoms with E-state index in [1.807, 2.05) is 56.0 Å². The first-order chi connectivity index (χ1) is 8.80. The van der Waals surface area contributed by atoms with Crippen LogP contribution >= 0.6 is 0 Å². The Labute approximate surface area is 115 Å². The molecule has 1 aromatic carbocycles. The van der Waals surface area contributed by atoms with E-state index in [-0.39, 0.29) is 11.6 Å². The molecule has 1 aliphatic carbocycles. The van der Waals surface area contributed by atoms with E-state index < -0.39 is 5.60 Å². The SMILES string of the molecule is CC(C)(C)OC(=O)N(Cc1ccccc1)C1(C)CC1. The van der Waals surface area contributed by atoms with Crippen LogP contribution in [0.4, 0.5) is 4.79 Å². The Kier molecular flexibility index (Phi) is 3.57. The first kappa shape index (κ1) is 13.9. The second-order valence-corrected chi connectivity index (χ2v) is 6.55.